The van der Waals surface area contributed by atoms with Crippen molar-refractivity contribution in [3.05, 3.63) is 47.3 Å². The first-order valence-corrected chi connectivity index (χ1v) is 7.25. The Morgan fingerprint density at radius 2 is 1.65 bits per heavy atom. The number of nitriles is 1. The maximum Gasteiger partial charge on any atom is 0.371 e. The van der Waals surface area contributed by atoms with Crippen molar-refractivity contribution in [2.24, 2.45) is 0 Å². The van der Waals surface area contributed by atoms with Gasteiger partial charge in [-0.05, 0) is 24.3 Å². The van der Waals surface area contributed by atoms with Crippen LogP contribution >= 0.6 is 0 Å². The van der Waals surface area contributed by atoms with Crippen LogP contribution in [0, 0.1) is 11.3 Å². The minimum Gasteiger partial charge on any atom is -0.475 e. The number of hydrogen-bond acceptors (Lipinski definition) is 5. The molecular weight excluding hydrogens is 298 g/mol. The summed E-state index contributed by atoms with van der Waals surface area (Å²) in [7, 11) is 0. The molecule has 0 saturated heterocycles. The Morgan fingerprint density at radius 1 is 1.13 bits per heavy atom. The minimum absolute atomic E-state index is 0.0110. The predicted octanol–water partition coefficient (Wildman–Crippen LogP) is 4.11. The van der Waals surface area contributed by atoms with Crippen LogP contribution in [0.2, 0.25) is 0 Å². The molecule has 2 rings (SSSR count). The van der Waals surface area contributed by atoms with Crippen LogP contribution in [0.1, 0.15) is 59.8 Å². The molecule has 0 saturated carbocycles. The van der Waals surface area contributed by atoms with Crippen LogP contribution in [0.4, 0.5) is 0 Å². The van der Waals surface area contributed by atoms with E-state index in [4.69, 9.17) is 19.2 Å². The molecule has 0 aromatic carbocycles. The Hall–Kier alpha value is -2.81. The number of carboxylic acid groups (broad SMARTS) is 1. The number of aldehydes is 1. The number of aryl methyl sites for hydroxylation is 2. The summed E-state index contributed by atoms with van der Waals surface area (Å²) < 4.78 is 9.91. The lowest BCUT2D eigenvalue weighted by Gasteiger charge is -1.85. The molecule has 6 heteroatoms. The molecule has 124 valence electrons. The summed E-state index contributed by atoms with van der Waals surface area (Å²) in [6, 6.07) is 8.54. The fourth-order valence-corrected chi connectivity index (χ4v) is 1.33. The van der Waals surface area contributed by atoms with Gasteiger partial charge in [-0.15, -0.1) is 0 Å². The van der Waals surface area contributed by atoms with E-state index in [1.807, 2.05) is 32.9 Å². The molecule has 0 aliphatic heterocycles. The smallest absolute Gasteiger partial charge is 0.371 e. The summed E-state index contributed by atoms with van der Waals surface area (Å²) in [4.78, 5) is 20.3. The van der Waals surface area contributed by atoms with Gasteiger partial charge < -0.3 is 13.9 Å². The van der Waals surface area contributed by atoms with Crippen LogP contribution < -0.4 is 0 Å². The molecule has 2 heterocycles. The molecule has 0 aliphatic carbocycles. The molecule has 0 bridgehead atoms. The summed E-state index contributed by atoms with van der Waals surface area (Å²) >= 11 is 0. The van der Waals surface area contributed by atoms with Crippen LogP contribution in [0.5, 0.6) is 0 Å². The largest absolute Gasteiger partial charge is 0.475 e. The van der Waals surface area contributed by atoms with Crippen molar-refractivity contribution in [3.63, 3.8) is 0 Å². The highest BCUT2D eigenvalue weighted by Gasteiger charge is 2.06. The lowest BCUT2D eigenvalue weighted by molar-refractivity contribution is 0.0660. The zero-order chi connectivity index (χ0) is 17.7. The van der Waals surface area contributed by atoms with Crippen molar-refractivity contribution in [2.75, 3.05) is 0 Å². The molecule has 23 heavy (non-hydrogen) atoms. The second kappa shape index (κ2) is 11.8. The highest BCUT2D eigenvalue weighted by Crippen LogP contribution is 2.07. The van der Waals surface area contributed by atoms with E-state index in [-0.39, 0.29) is 5.76 Å². The van der Waals surface area contributed by atoms with Crippen LogP contribution in [-0.2, 0) is 12.8 Å². The number of aromatic carboxylic acids is 1. The molecule has 0 amide bonds. The summed E-state index contributed by atoms with van der Waals surface area (Å²) in [6.07, 6.45) is 2.90. The van der Waals surface area contributed by atoms with E-state index < -0.39 is 5.97 Å². The molecular formula is C17H21NO5. The molecule has 6 nitrogen and oxygen atoms in total. The van der Waals surface area contributed by atoms with Gasteiger partial charge in [-0.2, -0.15) is 5.26 Å². The maximum atomic E-state index is 10.2. The highest BCUT2D eigenvalue weighted by molar-refractivity contribution is 5.84. The lowest BCUT2D eigenvalue weighted by atomic mass is 10.4. The molecule has 0 aliphatic rings. The Bertz CT molecular complexity index is 633. The standard InChI is InChI=1S/C7H8O3.C7H8O2.C3H5N/c1-2-5-3-4-6(10-5)7(8)9;1-2-6-3-4-7(5-8)9-6;1-2-3-4/h3-4H,2H2,1H3,(H,8,9);3-5H,2H2,1H3;2H2,1H3. The van der Waals surface area contributed by atoms with Crippen molar-refractivity contribution >= 4 is 12.3 Å². The van der Waals surface area contributed by atoms with Crippen molar-refractivity contribution < 1.29 is 23.5 Å². The topological polar surface area (TPSA) is 104 Å². The second-order valence-corrected chi connectivity index (χ2v) is 4.21. The second-order valence-electron chi connectivity index (χ2n) is 4.21. The van der Waals surface area contributed by atoms with Gasteiger partial charge in [-0.25, -0.2) is 4.79 Å². The van der Waals surface area contributed by atoms with Gasteiger partial charge in [0.25, 0.3) is 0 Å². The fourth-order valence-electron chi connectivity index (χ4n) is 1.33. The molecule has 1 N–H and O–H groups in total. The van der Waals surface area contributed by atoms with Crippen LogP contribution in [0.3, 0.4) is 0 Å². The fraction of sp³-hybridized carbons (Fsp3) is 0.353. The number of nitrogens with zero attached hydrogens (tertiary/aromatic N) is 1. The first-order chi connectivity index (χ1) is 11.0. The number of carbonyl (C=O) groups is 2. The summed E-state index contributed by atoms with van der Waals surface area (Å²) in [5.41, 5.74) is 0. The average Bonchev–Trinajstić information content (AvgIpc) is 3.24. The third kappa shape index (κ3) is 8.27. The van der Waals surface area contributed by atoms with E-state index in [9.17, 15) is 9.59 Å². The number of rotatable bonds is 4. The monoisotopic (exact) mass is 319 g/mol. The first kappa shape index (κ1) is 20.2. The predicted molar refractivity (Wildman–Crippen MR) is 84.4 cm³/mol. The third-order valence-corrected chi connectivity index (χ3v) is 2.53. The lowest BCUT2D eigenvalue weighted by Crippen LogP contribution is -1.91. The Balaban J connectivity index is 0.000000345. The zero-order valence-corrected chi connectivity index (χ0v) is 13.5. The number of hydrogen-bond donors (Lipinski definition) is 1. The molecule has 0 radical (unpaired) electrons. The van der Waals surface area contributed by atoms with Crippen molar-refractivity contribution in [1.29, 1.82) is 5.26 Å². The number of furan rings is 2. The third-order valence-electron chi connectivity index (χ3n) is 2.53. The van der Waals surface area contributed by atoms with Crippen LogP contribution in [0.15, 0.2) is 33.1 Å². The molecule has 0 spiro atoms. The molecule has 2 aromatic rings. The van der Waals surface area contributed by atoms with Crippen molar-refractivity contribution in [2.45, 2.75) is 40.0 Å². The maximum absolute atomic E-state index is 10.2. The summed E-state index contributed by atoms with van der Waals surface area (Å²) in [5, 5.41) is 16.0. The van der Waals surface area contributed by atoms with E-state index in [0.717, 1.165) is 18.6 Å². The summed E-state index contributed by atoms with van der Waals surface area (Å²) in [6.45, 7) is 5.71. The van der Waals surface area contributed by atoms with E-state index in [2.05, 4.69) is 0 Å². The Labute approximate surface area is 135 Å². The van der Waals surface area contributed by atoms with Crippen molar-refractivity contribution in [1.82, 2.24) is 0 Å². The van der Waals surface area contributed by atoms with E-state index in [1.54, 1.807) is 12.1 Å². The van der Waals surface area contributed by atoms with Crippen LogP contribution in [0.25, 0.3) is 0 Å². The normalized spacial score (nSPS) is 8.78. The van der Waals surface area contributed by atoms with Gasteiger partial charge in [0.05, 0.1) is 6.07 Å². The SMILES string of the molecule is CCC#N.CCc1ccc(C(=O)O)o1.CCc1ccc(C=O)o1. The van der Waals surface area contributed by atoms with Gasteiger partial charge in [0.1, 0.15) is 11.5 Å². The highest BCUT2D eigenvalue weighted by atomic mass is 16.4. The van der Waals surface area contributed by atoms with E-state index in [1.165, 1.54) is 6.07 Å². The first-order valence-electron chi connectivity index (χ1n) is 7.25. The summed E-state index contributed by atoms with van der Waals surface area (Å²) in [5.74, 6) is 0.970. The van der Waals surface area contributed by atoms with E-state index in [0.29, 0.717) is 24.2 Å². The van der Waals surface area contributed by atoms with E-state index >= 15 is 0 Å². The zero-order valence-electron chi connectivity index (χ0n) is 13.5. The van der Waals surface area contributed by atoms with Gasteiger partial charge in [0.15, 0.2) is 12.0 Å². The van der Waals surface area contributed by atoms with Gasteiger partial charge in [0, 0.05) is 19.3 Å². The molecule has 0 atom stereocenters. The van der Waals surface area contributed by atoms with Gasteiger partial charge >= 0.3 is 5.97 Å². The Kier molecular flexibility index (Phi) is 10.4. The average molecular weight is 319 g/mol. The van der Waals surface area contributed by atoms with Crippen molar-refractivity contribution in [3.8, 4) is 6.07 Å². The number of carbonyl (C=O) groups excluding carboxylic acids is 1. The minimum atomic E-state index is -1.01. The molecule has 0 unspecified atom stereocenters. The number of carboxylic acids is 1. The molecule has 2 aromatic heterocycles. The van der Waals surface area contributed by atoms with Gasteiger partial charge in [-0.3, -0.25) is 4.79 Å². The van der Waals surface area contributed by atoms with Gasteiger partial charge in [0.2, 0.25) is 5.76 Å². The van der Waals surface area contributed by atoms with Crippen LogP contribution in [-0.4, -0.2) is 17.4 Å². The van der Waals surface area contributed by atoms with Gasteiger partial charge in [-0.1, -0.05) is 20.8 Å². The molecule has 0 fully saturated rings. The quantitative estimate of drug-likeness (QED) is 0.850. The Morgan fingerprint density at radius 3 is 1.91 bits per heavy atom.